The van der Waals surface area contributed by atoms with Crippen molar-refractivity contribution in [1.82, 2.24) is 0 Å². The smallest absolute Gasteiger partial charge is 0.164 e. The molecule has 1 aromatic carbocycles. The van der Waals surface area contributed by atoms with E-state index in [1.807, 2.05) is 30.3 Å². The van der Waals surface area contributed by atoms with E-state index in [1.165, 1.54) is 5.57 Å². The Morgan fingerprint density at radius 2 is 2.00 bits per heavy atom. The van der Waals surface area contributed by atoms with Crippen LogP contribution in [0.5, 0.6) is 0 Å². The number of hydrogen-bond donors (Lipinski definition) is 0. The van der Waals surface area contributed by atoms with Crippen LogP contribution in [0.15, 0.2) is 35.9 Å². The summed E-state index contributed by atoms with van der Waals surface area (Å²) in [6.45, 7) is 2.68. The zero-order valence-electron chi connectivity index (χ0n) is 9.27. The number of fused-ring (bicyclic) bond motifs is 1. The zero-order valence-corrected chi connectivity index (χ0v) is 9.27. The van der Waals surface area contributed by atoms with Gasteiger partial charge in [0.05, 0.1) is 12.7 Å². The van der Waals surface area contributed by atoms with Crippen molar-refractivity contribution in [3.8, 4) is 0 Å². The molecule has 0 unspecified atom stereocenters. The highest BCUT2D eigenvalue weighted by atomic mass is 16.5. The number of carbonyl (C=O) groups excluding carboxylic acids is 1. The fraction of sp³-hybridized carbons (Fsp3) is 0.357. The minimum absolute atomic E-state index is 0.195. The van der Waals surface area contributed by atoms with E-state index in [2.05, 4.69) is 6.92 Å². The van der Waals surface area contributed by atoms with Gasteiger partial charge in [0.25, 0.3) is 0 Å². The van der Waals surface area contributed by atoms with E-state index in [0.29, 0.717) is 18.9 Å². The molecule has 82 valence electrons. The van der Waals surface area contributed by atoms with Gasteiger partial charge in [0.1, 0.15) is 0 Å². The maximum absolute atomic E-state index is 12.0. The molecule has 2 heteroatoms. The third-order valence-electron chi connectivity index (χ3n) is 3.58. The minimum atomic E-state index is 0.195. The summed E-state index contributed by atoms with van der Waals surface area (Å²) in [6, 6.07) is 9.93. The number of Topliss-reactive ketones (excluding diaryl/α,β-unsaturated/α-hetero) is 1. The number of ketones is 1. The molecule has 2 atom stereocenters. The van der Waals surface area contributed by atoms with E-state index in [0.717, 1.165) is 11.1 Å². The quantitative estimate of drug-likeness (QED) is 0.717. The van der Waals surface area contributed by atoms with Gasteiger partial charge in [-0.1, -0.05) is 30.3 Å². The molecule has 0 saturated carbocycles. The van der Waals surface area contributed by atoms with Gasteiger partial charge in [-0.25, -0.2) is 0 Å². The predicted molar refractivity (Wildman–Crippen MR) is 61.9 cm³/mol. The molecule has 1 aliphatic heterocycles. The van der Waals surface area contributed by atoms with E-state index in [9.17, 15) is 4.79 Å². The fourth-order valence-electron chi connectivity index (χ4n) is 2.71. The maximum Gasteiger partial charge on any atom is 0.164 e. The van der Waals surface area contributed by atoms with Crippen LogP contribution >= 0.6 is 0 Å². The molecule has 1 heterocycles. The van der Waals surface area contributed by atoms with Crippen LogP contribution in [0.25, 0.3) is 5.57 Å². The molecule has 1 aliphatic carbocycles. The van der Waals surface area contributed by atoms with Crippen LogP contribution in [0.1, 0.15) is 18.9 Å². The Morgan fingerprint density at radius 1 is 1.25 bits per heavy atom. The summed E-state index contributed by atoms with van der Waals surface area (Å²) in [5.74, 6) is 0.601. The van der Waals surface area contributed by atoms with Crippen molar-refractivity contribution in [2.45, 2.75) is 19.4 Å². The van der Waals surface area contributed by atoms with Gasteiger partial charge >= 0.3 is 0 Å². The van der Waals surface area contributed by atoms with Gasteiger partial charge in [0, 0.05) is 17.9 Å². The number of allylic oxidation sites excluding steroid dienone is 1. The Kier molecular flexibility index (Phi) is 2.18. The molecule has 0 spiro atoms. The lowest BCUT2D eigenvalue weighted by molar-refractivity contribution is -0.114. The first-order valence-corrected chi connectivity index (χ1v) is 5.70. The fourth-order valence-corrected chi connectivity index (χ4v) is 2.71. The third-order valence-corrected chi connectivity index (χ3v) is 3.58. The summed E-state index contributed by atoms with van der Waals surface area (Å²) >= 11 is 0. The molecule has 0 bridgehead atoms. The monoisotopic (exact) mass is 214 g/mol. The van der Waals surface area contributed by atoms with Gasteiger partial charge in [-0.05, 0) is 18.1 Å². The van der Waals surface area contributed by atoms with Crippen molar-refractivity contribution in [2.75, 3.05) is 6.61 Å². The number of hydrogen-bond acceptors (Lipinski definition) is 2. The van der Waals surface area contributed by atoms with Crippen molar-refractivity contribution in [3.63, 3.8) is 0 Å². The average Bonchev–Trinajstić information content (AvgIpc) is 2.80. The highest BCUT2D eigenvalue weighted by molar-refractivity contribution is 6.24. The number of benzene rings is 1. The largest absolute Gasteiger partial charge is 0.373 e. The van der Waals surface area contributed by atoms with E-state index in [4.69, 9.17) is 4.74 Å². The third kappa shape index (κ3) is 1.34. The molecule has 2 nitrogen and oxygen atoms in total. The standard InChI is InChI=1S/C14H14O2/c1-9-11-7-13(15)14(12(11)8-16-9)10-5-3-2-4-6-10/h2-6,9,11H,7-8H2,1H3/t9-,11+/m1/s1. The topological polar surface area (TPSA) is 26.3 Å². The lowest BCUT2D eigenvalue weighted by atomic mass is 9.97. The van der Waals surface area contributed by atoms with Crippen LogP contribution in [0.4, 0.5) is 0 Å². The average molecular weight is 214 g/mol. The first kappa shape index (κ1) is 9.79. The van der Waals surface area contributed by atoms with Gasteiger partial charge in [0.15, 0.2) is 5.78 Å². The molecule has 0 amide bonds. The molecule has 16 heavy (non-hydrogen) atoms. The Balaban J connectivity index is 2.09. The number of rotatable bonds is 1. The molecule has 1 aromatic rings. The first-order valence-electron chi connectivity index (χ1n) is 5.70. The normalized spacial score (nSPS) is 28.7. The highest BCUT2D eigenvalue weighted by Crippen LogP contribution is 2.42. The van der Waals surface area contributed by atoms with E-state index < -0.39 is 0 Å². The van der Waals surface area contributed by atoms with E-state index in [1.54, 1.807) is 0 Å². The second-order valence-electron chi connectivity index (χ2n) is 4.52. The molecule has 0 radical (unpaired) electrons. The predicted octanol–water partition coefficient (Wildman–Crippen LogP) is 2.45. The van der Waals surface area contributed by atoms with Crippen molar-refractivity contribution in [2.24, 2.45) is 5.92 Å². The van der Waals surface area contributed by atoms with Gasteiger partial charge in [-0.15, -0.1) is 0 Å². The zero-order chi connectivity index (χ0) is 11.1. The van der Waals surface area contributed by atoms with E-state index in [-0.39, 0.29) is 11.9 Å². The second kappa shape index (κ2) is 3.56. The Bertz CT molecular complexity index is 459. The Labute approximate surface area is 94.9 Å². The van der Waals surface area contributed by atoms with E-state index >= 15 is 0 Å². The van der Waals surface area contributed by atoms with Crippen LogP contribution in [-0.2, 0) is 9.53 Å². The van der Waals surface area contributed by atoms with Crippen molar-refractivity contribution in [1.29, 1.82) is 0 Å². The molecular weight excluding hydrogens is 200 g/mol. The van der Waals surface area contributed by atoms with Crippen molar-refractivity contribution >= 4 is 11.4 Å². The highest BCUT2D eigenvalue weighted by Gasteiger charge is 2.40. The summed E-state index contributed by atoms with van der Waals surface area (Å²) in [6.07, 6.45) is 0.820. The number of ether oxygens (including phenoxy) is 1. The van der Waals surface area contributed by atoms with Crippen LogP contribution in [0.3, 0.4) is 0 Å². The van der Waals surface area contributed by atoms with Crippen LogP contribution < -0.4 is 0 Å². The summed E-state index contributed by atoms with van der Waals surface area (Å²) in [7, 11) is 0. The first-order chi connectivity index (χ1) is 7.77. The van der Waals surface area contributed by atoms with Crippen LogP contribution in [-0.4, -0.2) is 18.5 Å². The second-order valence-corrected chi connectivity index (χ2v) is 4.52. The molecule has 1 fully saturated rings. The Hall–Kier alpha value is -1.41. The molecule has 0 N–H and O–H groups in total. The maximum atomic E-state index is 12.0. The molecular formula is C14H14O2. The minimum Gasteiger partial charge on any atom is -0.373 e. The molecule has 0 aromatic heterocycles. The SMILES string of the molecule is C[C@H]1OCC2=C(c3ccccc3)C(=O)C[C@H]21. The summed E-state index contributed by atoms with van der Waals surface area (Å²) in [5.41, 5.74) is 3.17. The molecule has 2 aliphatic rings. The van der Waals surface area contributed by atoms with Gasteiger partial charge in [-0.2, -0.15) is 0 Å². The van der Waals surface area contributed by atoms with Crippen LogP contribution in [0.2, 0.25) is 0 Å². The van der Waals surface area contributed by atoms with Crippen molar-refractivity contribution < 1.29 is 9.53 Å². The van der Waals surface area contributed by atoms with Crippen molar-refractivity contribution in [3.05, 3.63) is 41.5 Å². The summed E-state index contributed by atoms with van der Waals surface area (Å²) in [5, 5.41) is 0. The van der Waals surface area contributed by atoms with Gasteiger partial charge in [-0.3, -0.25) is 4.79 Å². The van der Waals surface area contributed by atoms with Gasteiger partial charge in [0.2, 0.25) is 0 Å². The lowest BCUT2D eigenvalue weighted by Crippen LogP contribution is -2.11. The molecule has 3 rings (SSSR count). The molecule has 1 saturated heterocycles. The summed E-state index contributed by atoms with van der Waals surface area (Å²) < 4.78 is 5.61. The summed E-state index contributed by atoms with van der Waals surface area (Å²) in [4.78, 5) is 12.0. The number of carbonyl (C=O) groups is 1. The van der Waals surface area contributed by atoms with Gasteiger partial charge < -0.3 is 4.74 Å². The Morgan fingerprint density at radius 3 is 2.75 bits per heavy atom. The van der Waals surface area contributed by atoms with Crippen LogP contribution in [0, 0.1) is 5.92 Å². The lowest BCUT2D eigenvalue weighted by Gasteiger charge is -2.07.